The standard InChI is InChI=1S/C8H14FI/c1-6-3-7(9)5-8(2,10)4-6/h6-7H,3-5H2,1-2H3/t6-,7+,8+/m1/s1. The molecule has 0 aliphatic heterocycles. The van der Waals surface area contributed by atoms with Crippen LogP contribution >= 0.6 is 22.6 Å². The summed E-state index contributed by atoms with van der Waals surface area (Å²) in [7, 11) is 0. The topological polar surface area (TPSA) is 0 Å². The van der Waals surface area contributed by atoms with Gasteiger partial charge in [-0.1, -0.05) is 36.4 Å². The Morgan fingerprint density at radius 1 is 1.50 bits per heavy atom. The van der Waals surface area contributed by atoms with E-state index in [0.29, 0.717) is 5.92 Å². The summed E-state index contributed by atoms with van der Waals surface area (Å²) in [5.74, 6) is 0.575. The maximum atomic E-state index is 12.9. The molecule has 0 nitrogen and oxygen atoms in total. The molecule has 0 aromatic carbocycles. The highest BCUT2D eigenvalue weighted by Crippen LogP contribution is 2.39. The Morgan fingerprint density at radius 3 is 2.50 bits per heavy atom. The summed E-state index contributed by atoms with van der Waals surface area (Å²) in [5, 5.41) is 0. The van der Waals surface area contributed by atoms with Crippen molar-refractivity contribution in [3.63, 3.8) is 0 Å². The molecule has 0 heterocycles. The van der Waals surface area contributed by atoms with Crippen LogP contribution in [0.2, 0.25) is 0 Å². The van der Waals surface area contributed by atoms with E-state index in [9.17, 15) is 4.39 Å². The third-order valence-corrected chi connectivity index (χ3v) is 2.96. The fraction of sp³-hybridized carbons (Fsp3) is 1.00. The highest BCUT2D eigenvalue weighted by atomic mass is 127. The molecule has 0 aromatic rings. The Morgan fingerprint density at radius 2 is 2.10 bits per heavy atom. The van der Waals surface area contributed by atoms with Gasteiger partial charge in [-0.2, -0.15) is 0 Å². The lowest BCUT2D eigenvalue weighted by Gasteiger charge is -2.33. The second-order valence-corrected chi connectivity index (χ2v) is 6.36. The molecule has 0 radical (unpaired) electrons. The van der Waals surface area contributed by atoms with Gasteiger partial charge >= 0.3 is 0 Å². The van der Waals surface area contributed by atoms with E-state index in [0.717, 1.165) is 12.8 Å². The van der Waals surface area contributed by atoms with Crippen LogP contribution in [-0.2, 0) is 0 Å². The van der Waals surface area contributed by atoms with Crippen molar-refractivity contribution in [3.8, 4) is 0 Å². The first kappa shape index (κ1) is 8.75. The fourth-order valence-electron chi connectivity index (χ4n) is 1.87. The van der Waals surface area contributed by atoms with Gasteiger partial charge in [0.1, 0.15) is 6.17 Å². The molecule has 0 bridgehead atoms. The molecular weight excluding hydrogens is 242 g/mol. The zero-order valence-electron chi connectivity index (χ0n) is 6.53. The van der Waals surface area contributed by atoms with Crippen molar-refractivity contribution in [2.75, 3.05) is 0 Å². The van der Waals surface area contributed by atoms with Crippen molar-refractivity contribution < 1.29 is 4.39 Å². The molecule has 10 heavy (non-hydrogen) atoms. The van der Waals surface area contributed by atoms with E-state index in [4.69, 9.17) is 0 Å². The molecule has 2 heteroatoms. The monoisotopic (exact) mass is 256 g/mol. The highest BCUT2D eigenvalue weighted by Gasteiger charge is 2.33. The van der Waals surface area contributed by atoms with Crippen molar-refractivity contribution in [2.24, 2.45) is 5.92 Å². The van der Waals surface area contributed by atoms with Gasteiger partial charge in [0.25, 0.3) is 0 Å². The van der Waals surface area contributed by atoms with E-state index < -0.39 is 6.17 Å². The van der Waals surface area contributed by atoms with Gasteiger partial charge in [-0.15, -0.1) is 0 Å². The van der Waals surface area contributed by atoms with Gasteiger partial charge < -0.3 is 0 Å². The summed E-state index contributed by atoms with van der Waals surface area (Å²) >= 11 is 2.38. The fourth-order valence-corrected chi connectivity index (χ4v) is 3.10. The lowest BCUT2D eigenvalue weighted by atomic mass is 9.82. The summed E-state index contributed by atoms with van der Waals surface area (Å²) < 4.78 is 13.1. The van der Waals surface area contributed by atoms with E-state index in [1.807, 2.05) is 0 Å². The molecule has 1 fully saturated rings. The Kier molecular flexibility index (Phi) is 2.59. The predicted molar refractivity (Wildman–Crippen MR) is 50.3 cm³/mol. The zero-order valence-corrected chi connectivity index (χ0v) is 8.69. The van der Waals surface area contributed by atoms with Crippen molar-refractivity contribution in [1.29, 1.82) is 0 Å². The van der Waals surface area contributed by atoms with Crippen molar-refractivity contribution in [3.05, 3.63) is 0 Å². The first-order valence-corrected chi connectivity index (χ1v) is 4.90. The molecule has 0 aromatic heterocycles. The summed E-state index contributed by atoms with van der Waals surface area (Å²) in [6.45, 7) is 4.29. The van der Waals surface area contributed by atoms with E-state index >= 15 is 0 Å². The third kappa shape index (κ3) is 2.36. The van der Waals surface area contributed by atoms with Gasteiger partial charge in [0.2, 0.25) is 0 Å². The van der Waals surface area contributed by atoms with Crippen molar-refractivity contribution >= 4 is 22.6 Å². The van der Waals surface area contributed by atoms with Crippen LogP contribution in [0.15, 0.2) is 0 Å². The minimum Gasteiger partial charge on any atom is -0.247 e. The Labute approximate surface area is 75.7 Å². The van der Waals surface area contributed by atoms with Gasteiger partial charge in [-0.3, -0.25) is 0 Å². The molecule has 0 amide bonds. The first-order valence-electron chi connectivity index (χ1n) is 3.82. The Hall–Kier alpha value is 0.660. The SMILES string of the molecule is C[C@@H]1C[C@H](F)C[C@@](C)(I)C1. The van der Waals surface area contributed by atoms with Gasteiger partial charge in [-0.25, -0.2) is 4.39 Å². The minimum atomic E-state index is -0.550. The minimum absolute atomic E-state index is 0.217. The van der Waals surface area contributed by atoms with Gasteiger partial charge in [0, 0.05) is 3.42 Å². The van der Waals surface area contributed by atoms with E-state index in [-0.39, 0.29) is 3.42 Å². The summed E-state index contributed by atoms with van der Waals surface area (Å²) in [4.78, 5) is 0. The second-order valence-electron chi connectivity index (χ2n) is 3.76. The molecule has 60 valence electrons. The van der Waals surface area contributed by atoms with E-state index in [1.54, 1.807) is 0 Å². The molecule has 1 aliphatic carbocycles. The molecule has 3 atom stereocenters. The van der Waals surface area contributed by atoms with Gasteiger partial charge in [-0.05, 0) is 25.2 Å². The molecule has 0 N–H and O–H groups in total. The maximum absolute atomic E-state index is 12.9. The number of hydrogen-bond acceptors (Lipinski definition) is 0. The first-order chi connectivity index (χ1) is 4.49. The van der Waals surface area contributed by atoms with Crippen LogP contribution in [0.5, 0.6) is 0 Å². The highest BCUT2D eigenvalue weighted by molar-refractivity contribution is 14.1. The summed E-state index contributed by atoms with van der Waals surface area (Å²) in [6, 6.07) is 0. The summed E-state index contributed by atoms with van der Waals surface area (Å²) in [6.07, 6.45) is 2.15. The number of alkyl halides is 2. The van der Waals surface area contributed by atoms with E-state index in [2.05, 4.69) is 36.4 Å². The molecule has 1 aliphatic rings. The molecule has 1 rings (SSSR count). The van der Waals surface area contributed by atoms with Gasteiger partial charge in [0.05, 0.1) is 0 Å². The quantitative estimate of drug-likeness (QED) is 0.460. The van der Waals surface area contributed by atoms with Gasteiger partial charge in [0.15, 0.2) is 0 Å². The number of halogens is 2. The lowest BCUT2D eigenvalue weighted by Crippen LogP contribution is -2.31. The van der Waals surface area contributed by atoms with E-state index in [1.165, 1.54) is 6.42 Å². The molecule has 1 saturated carbocycles. The van der Waals surface area contributed by atoms with Crippen LogP contribution in [0, 0.1) is 5.92 Å². The number of hydrogen-bond donors (Lipinski definition) is 0. The Bertz CT molecular complexity index is 110. The zero-order chi connectivity index (χ0) is 7.78. The predicted octanol–water partition coefficient (Wildman–Crippen LogP) is 3.34. The summed E-state index contributed by atoms with van der Waals surface area (Å²) in [5.41, 5.74) is 0. The van der Waals surface area contributed by atoms with Crippen LogP contribution in [-0.4, -0.2) is 9.59 Å². The third-order valence-electron chi connectivity index (χ3n) is 2.08. The maximum Gasteiger partial charge on any atom is 0.102 e. The van der Waals surface area contributed by atoms with Crippen molar-refractivity contribution in [1.82, 2.24) is 0 Å². The average Bonchev–Trinajstić information content (AvgIpc) is 1.54. The van der Waals surface area contributed by atoms with Crippen LogP contribution in [0.1, 0.15) is 33.1 Å². The lowest BCUT2D eigenvalue weighted by molar-refractivity contribution is 0.188. The molecule has 0 unspecified atom stereocenters. The Balaban J connectivity index is 2.51. The van der Waals surface area contributed by atoms with Crippen molar-refractivity contribution in [2.45, 2.75) is 42.7 Å². The van der Waals surface area contributed by atoms with Crippen LogP contribution in [0.25, 0.3) is 0 Å². The van der Waals surface area contributed by atoms with Crippen LogP contribution in [0.3, 0.4) is 0 Å². The normalized spacial score (nSPS) is 49.2. The average molecular weight is 256 g/mol. The van der Waals surface area contributed by atoms with Crippen LogP contribution < -0.4 is 0 Å². The smallest absolute Gasteiger partial charge is 0.102 e. The van der Waals surface area contributed by atoms with Crippen LogP contribution in [0.4, 0.5) is 4.39 Å². The largest absolute Gasteiger partial charge is 0.247 e. The molecular formula is C8H14FI. The second kappa shape index (κ2) is 2.95. The number of rotatable bonds is 0. The molecule has 0 saturated heterocycles. The molecule has 0 spiro atoms.